The van der Waals surface area contributed by atoms with Gasteiger partial charge in [-0.25, -0.2) is 12.7 Å². The molecule has 1 aliphatic rings. The molecule has 1 atom stereocenters. The van der Waals surface area contributed by atoms with Crippen LogP contribution in [0.5, 0.6) is 0 Å². The summed E-state index contributed by atoms with van der Waals surface area (Å²) in [5.41, 5.74) is 0. The molecule has 1 N–H and O–H groups in total. The van der Waals surface area contributed by atoms with Crippen LogP contribution >= 0.6 is 0 Å². The minimum atomic E-state index is -3.02. The van der Waals surface area contributed by atoms with E-state index in [4.69, 9.17) is 5.11 Å². The van der Waals surface area contributed by atoms with Crippen molar-refractivity contribution in [2.45, 2.75) is 6.42 Å². The molecule has 0 aromatic carbocycles. The van der Waals surface area contributed by atoms with Crippen LogP contribution in [0.15, 0.2) is 0 Å². The summed E-state index contributed by atoms with van der Waals surface area (Å²) < 4.78 is 23.3. The van der Waals surface area contributed by atoms with E-state index in [0.717, 1.165) is 6.42 Å². The SMILES string of the molecule is CS(=O)(=O)N1CC[C@H](CO)C1. The number of rotatable bonds is 2. The second-order valence-electron chi connectivity index (χ2n) is 2.96. The molecule has 0 aromatic rings. The van der Waals surface area contributed by atoms with Gasteiger partial charge >= 0.3 is 0 Å². The van der Waals surface area contributed by atoms with E-state index in [-0.39, 0.29) is 12.5 Å². The van der Waals surface area contributed by atoms with Gasteiger partial charge in [-0.2, -0.15) is 0 Å². The molecular formula is C6H13NO3S. The molecule has 11 heavy (non-hydrogen) atoms. The molecule has 0 bridgehead atoms. The molecule has 0 spiro atoms. The van der Waals surface area contributed by atoms with E-state index < -0.39 is 10.0 Å². The predicted molar refractivity (Wildman–Crippen MR) is 41.6 cm³/mol. The van der Waals surface area contributed by atoms with Crippen molar-refractivity contribution in [3.63, 3.8) is 0 Å². The summed E-state index contributed by atoms with van der Waals surface area (Å²) in [6.45, 7) is 1.13. The molecule has 1 rings (SSSR count). The second-order valence-corrected chi connectivity index (χ2v) is 4.94. The van der Waals surface area contributed by atoms with Gasteiger partial charge in [-0.15, -0.1) is 0 Å². The summed E-state index contributed by atoms with van der Waals surface area (Å²) in [6, 6.07) is 0. The minimum Gasteiger partial charge on any atom is -0.396 e. The minimum absolute atomic E-state index is 0.0893. The summed E-state index contributed by atoms with van der Waals surface area (Å²) in [7, 11) is -3.02. The summed E-state index contributed by atoms with van der Waals surface area (Å²) in [6.07, 6.45) is 1.98. The zero-order valence-electron chi connectivity index (χ0n) is 6.52. The van der Waals surface area contributed by atoms with Crippen LogP contribution in [0.2, 0.25) is 0 Å². The molecule has 1 aliphatic heterocycles. The molecule has 0 saturated carbocycles. The first-order chi connectivity index (χ1) is 5.04. The van der Waals surface area contributed by atoms with Gasteiger partial charge in [-0.05, 0) is 12.3 Å². The summed E-state index contributed by atoms with van der Waals surface area (Å²) in [5.74, 6) is 0.143. The van der Waals surface area contributed by atoms with Gasteiger partial charge in [0.25, 0.3) is 0 Å². The third-order valence-corrected chi connectivity index (χ3v) is 3.25. The molecule has 1 fully saturated rings. The van der Waals surface area contributed by atoms with Crippen LogP contribution in [0.25, 0.3) is 0 Å². The maximum absolute atomic E-state index is 10.9. The zero-order chi connectivity index (χ0) is 8.48. The average Bonchev–Trinajstić information content (AvgIpc) is 2.32. The zero-order valence-corrected chi connectivity index (χ0v) is 7.34. The van der Waals surface area contributed by atoms with Gasteiger partial charge in [0.1, 0.15) is 0 Å². The Morgan fingerprint density at radius 3 is 2.55 bits per heavy atom. The van der Waals surface area contributed by atoms with Crippen LogP contribution in [-0.4, -0.2) is 43.8 Å². The van der Waals surface area contributed by atoms with Crippen molar-refractivity contribution in [2.75, 3.05) is 26.0 Å². The van der Waals surface area contributed by atoms with Gasteiger partial charge in [0, 0.05) is 19.7 Å². The monoisotopic (exact) mass is 179 g/mol. The van der Waals surface area contributed by atoms with E-state index in [2.05, 4.69) is 0 Å². The third-order valence-electron chi connectivity index (χ3n) is 1.98. The number of sulfonamides is 1. The summed E-state index contributed by atoms with van der Waals surface area (Å²) >= 11 is 0. The van der Waals surface area contributed by atoms with Gasteiger partial charge in [0.15, 0.2) is 0 Å². The fourth-order valence-corrected chi connectivity index (χ4v) is 2.17. The normalized spacial score (nSPS) is 27.6. The molecule has 0 radical (unpaired) electrons. The molecule has 0 amide bonds. The molecule has 66 valence electrons. The lowest BCUT2D eigenvalue weighted by molar-refractivity contribution is 0.233. The van der Waals surface area contributed by atoms with Crippen molar-refractivity contribution in [1.29, 1.82) is 0 Å². The molecule has 5 heteroatoms. The largest absolute Gasteiger partial charge is 0.396 e. The predicted octanol–water partition coefficient (Wildman–Crippen LogP) is -0.740. The molecular weight excluding hydrogens is 166 g/mol. The number of hydrogen-bond acceptors (Lipinski definition) is 3. The Hall–Kier alpha value is -0.130. The number of aliphatic hydroxyl groups excluding tert-OH is 1. The van der Waals surface area contributed by atoms with E-state index in [1.165, 1.54) is 10.6 Å². The number of aliphatic hydroxyl groups is 1. The highest BCUT2D eigenvalue weighted by Gasteiger charge is 2.27. The molecule has 0 aromatic heterocycles. The van der Waals surface area contributed by atoms with Crippen LogP contribution in [0, 0.1) is 5.92 Å². The molecule has 1 saturated heterocycles. The summed E-state index contributed by atoms with van der Waals surface area (Å²) in [5, 5.41) is 8.73. The topological polar surface area (TPSA) is 57.6 Å². The lowest BCUT2D eigenvalue weighted by Gasteiger charge is -2.11. The highest BCUT2D eigenvalue weighted by molar-refractivity contribution is 7.88. The Labute approximate surface area is 66.9 Å². The van der Waals surface area contributed by atoms with Gasteiger partial charge in [0.2, 0.25) is 10.0 Å². The maximum Gasteiger partial charge on any atom is 0.211 e. The van der Waals surface area contributed by atoms with Crippen LogP contribution < -0.4 is 0 Å². The van der Waals surface area contributed by atoms with Gasteiger partial charge in [-0.3, -0.25) is 0 Å². The number of nitrogens with zero attached hydrogens (tertiary/aromatic N) is 1. The van der Waals surface area contributed by atoms with Crippen LogP contribution in [0.4, 0.5) is 0 Å². The smallest absolute Gasteiger partial charge is 0.211 e. The highest BCUT2D eigenvalue weighted by atomic mass is 32.2. The third kappa shape index (κ3) is 2.15. The summed E-state index contributed by atoms with van der Waals surface area (Å²) in [4.78, 5) is 0. The second kappa shape index (κ2) is 3.08. The van der Waals surface area contributed by atoms with Crippen molar-refractivity contribution in [1.82, 2.24) is 4.31 Å². The van der Waals surface area contributed by atoms with Gasteiger partial charge < -0.3 is 5.11 Å². The van der Waals surface area contributed by atoms with E-state index in [1.807, 2.05) is 0 Å². The quantitative estimate of drug-likeness (QED) is 0.607. The highest BCUT2D eigenvalue weighted by Crippen LogP contribution is 2.17. The van der Waals surface area contributed by atoms with Crippen molar-refractivity contribution in [3.05, 3.63) is 0 Å². The fraction of sp³-hybridized carbons (Fsp3) is 1.00. The van der Waals surface area contributed by atoms with Crippen molar-refractivity contribution >= 4 is 10.0 Å². The van der Waals surface area contributed by atoms with E-state index in [9.17, 15) is 8.42 Å². The van der Waals surface area contributed by atoms with Crippen LogP contribution in [0.1, 0.15) is 6.42 Å². The Morgan fingerprint density at radius 1 is 1.64 bits per heavy atom. The van der Waals surface area contributed by atoms with Gasteiger partial charge in [-0.1, -0.05) is 0 Å². The average molecular weight is 179 g/mol. The van der Waals surface area contributed by atoms with Crippen LogP contribution in [0.3, 0.4) is 0 Å². The number of hydrogen-bond donors (Lipinski definition) is 1. The maximum atomic E-state index is 10.9. The lowest BCUT2D eigenvalue weighted by atomic mass is 10.1. The van der Waals surface area contributed by atoms with Crippen LogP contribution in [-0.2, 0) is 10.0 Å². The Morgan fingerprint density at radius 2 is 2.27 bits per heavy atom. The van der Waals surface area contributed by atoms with E-state index >= 15 is 0 Å². The molecule has 4 nitrogen and oxygen atoms in total. The van der Waals surface area contributed by atoms with E-state index in [1.54, 1.807) is 0 Å². The first-order valence-corrected chi connectivity index (χ1v) is 5.45. The van der Waals surface area contributed by atoms with Crippen molar-refractivity contribution in [3.8, 4) is 0 Å². The molecule has 0 unspecified atom stereocenters. The standard InChI is InChI=1S/C6H13NO3S/c1-11(9,10)7-3-2-6(4-7)5-8/h6,8H,2-5H2,1H3/t6-/m0/s1. The van der Waals surface area contributed by atoms with Gasteiger partial charge in [0.05, 0.1) is 6.26 Å². The van der Waals surface area contributed by atoms with Crippen molar-refractivity contribution < 1.29 is 13.5 Å². The fourth-order valence-electron chi connectivity index (χ4n) is 1.25. The lowest BCUT2D eigenvalue weighted by Crippen LogP contribution is -2.27. The first-order valence-electron chi connectivity index (χ1n) is 3.60. The first kappa shape index (κ1) is 8.96. The molecule has 1 heterocycles. The molecule has 0 aliphatic carbocycles. The Kier molecular flexibility index (Phi) is 2.51. The van der Waals surface area contributed by atoms with E-state index in [0.29, 0.717) is 13.1 Å². The Bertz CT molecular complexity index is 224. The van der Waals surface area contributed by atoms with Crippen molar-refractivity contribution in [2.24, 2.45) is 5.92 Å². The Balaban J connectivity index is 2.55.